The van der Waals surface area contributed by atoms with Crippen molar-refractivity contribution in [1.29, 1.82) is 0 Å². The van der Waals surface area contributed by atoms with Crippen molar-refractivity contribution >= 4 is 5.97 Å². The molecule has 21 heavy (non-hydrogen) atoms. The third kappa shape index (κ3) is 5.33. The number of hydrogen-bond donors (Lipinski definition) is 0. The van der Waals surface area contributed by atoms with Gasteiger partial charge in [-0.2, -0.15) is 0 Å². The number of carbonyl (C=O) groups is 1. The Bertz CT molecular complexity index is 398. The van der Waals surface area contributed by atoms with E-state index in [1.165, 1.54) is 31.1 Å². The number of methoxy groups -OCH3 is 1. The summed E-state index contributed by atoms with van der Waals surface area (Å²) in [4.78, 5) is 12.2. The lowest BCUT2D eigenvalue weighted by Crippen LogP contribution is -2.35. The molecule has 1 unspecified atom stereocenters. The van der Waals surface area contributed by atoms with Gasteiger partial charge in [0.1, 0.15) is 0 Å². The summed E-state index contributed by atoms with van der Waals surface area (Å²) in [5.74, 6) is 0.233. The molecule has 0 bridgehead atoms. The van der Waals surface area contributed by atoms with Gasteiger partial charge in [0, 0.05) is 0 Å². The zero-order valence-electron chi connectivity index (χ0n) is 14.5. The molecule has 0 aromatic heterocycles. The second-order valence-electron chi connectivity index (χ2n) is 7.00. The summed E-state index contributed by atoms with van der Waals surface area (Å²) >= 11 is 0. The third-order valence-electron chi connectivity index (χ3n) is 4.61. The molecule has 2 heteroatoms. The van der Waals surface area contributed by atoms with E-state index < -0.39 is 5.41 Å². The lowest BCUT2D eigenvalue weighted by molar-refractivity contribution is -0.153. The van der Waals surface area contributed by atoms with Crippen LogP contribution in [-0.2, 0) is 9.53 Å². The molecule has 1 aliphatic carbocycles. The van der Waals surface area contributed by atoms with Crippen LogP contribution in [0.1, 0.15) is 72.6 Å². The number of carbonyl (C=O) groups excluding carboxylic acids is 1. The van der Waals surface area contributed by atoms with Gasteiger partial charge < -0.3 is 4.74 Å². The van der Waals surface area contributed by atoms with Crippen LogP contribution < -0.4 is 0 Å². The zero-order valence-corrected chi connectivity index (χ0v) is 14.5. The Balaban J connectivity index is 2.81. The number of rotatable bonds is 7. The van der Waals surface area contributed by atoms with Gasteiger partial charge >= 0.3 is 5.97 Å². The maximum absolute atomic E-state index is 12.2. The summed E-state index contributed by atoms with van der Waals surface area (Å²) in [5, 5.41) is 0. The van der Waals surface area contributed by atoms with Crippen LogP contribution in [-0.4, -0.2) is 13.1 Å². The van der Waals surface area contributed by atoms with Crippen molar-refractivity contribution in [1.82, 2.24) is 0 Å². The van der Waals surface area contributed by atoms with Gasteiger partial charge in [-0.05, 0) is 78.6 Å². The fraction of sp³-hybridized carbons (Fsp3) is 0.737. The molecule has 2 nitrogen and oxygen atoms in total. The minimum absolute atomic E-state index is 0.0822. The number of allylic oxidation sites excluding steroid dienone is 4. The largest absolute Gasteiger partial charge is 0.469 e. The molecule has 0 fully saturated rings. The summed E-state index contributed by atoms with van der Waals surface area (Å²) in [5.41, 5.74) is 2.42. The maximum Gasteiger partial charge on any atom is 0.311 e. The molecule has 0 saturated heterocycles. The smallest absolute Gasteiger partial charge is 0.311 e. The minimum Gasteiger partial charge on any atom is -0.469 e. The maximum atomic E-state index is 12.2. The van der Waals surface area contributed by atoms with Crippen molar-refractivity contribution in [2.24, 2.45) is 11.3 Å². The molecule has 0 amide bonds. The van der Waals surface area contributed by atoms with Gasteiger partial charge in [-0.1, -0.05) is 23.3 Å². The predicted octanol–water partition coefficient (Wildman–Crippen LogP) is 5.44. The van der Waals surface area contributed by atoms with E-state index in [0.717, 1.165) is 32.1 Å². The molecule has 1 aliphatic rings. The van der Waals surface area contributed by atoms with Crippen LogP contribution in [0.3, 0.4) is 0 Å². The van der Waals surface area contributed by atoms with Crippen molar-refractivity contribution in [3.05, 3.63) is 23.3 Å². The lowest BCUT2D eigenvalue weighted by atomic mass is 9.70. The fourth-order valence-corrected chi connectivity index (χ4v) is 3.31. The van der Waals surface area contributed by atoms with E-state index in [-0.39, 0.29) is 5.97 Å². The molecule has 0 N–H and O–H groups in total. The average molecular weight is 292 g/mol. The fourth-order valence-electron chi connectivity index (χ4n) is 3.31. The van der Waals surface area contributed by atoms with Gasteiger partial charge in [-0.3, -0.25) is 4.79 Å². The first-order chi connectivity index (χ1) is 9.89. The Morgan fingerprint density at radius 3 is 2.62 bits per heavy atom. The molecule has 120 valence electrons. The van der Waals surface area contributed by atoms with Crippen LogP contribution in [0, 0.1) is 11.3 Å². The Morgan fingerprint density at radius 2 is 2.10 bits per heavy atom. The van der Waals surface area contributed by atoms with Crippen LogP contribution in [0.15, 0.2) is 23.3 Å². The minimum atomic E-state index is -0.428. The van der Waals surface area contributed by atoms with Gasteiger partial charge in [0.05, 0.1) is 12.5 Å². The number of esters is 1. The number of unbranched alkanes of at least 4 members (excludes halogenated alkanes) is 1. The number of ether oxygens (including phenoxy) is 1. The summed E-state index contributed by atoms with van der Waals surface area (Å²) < 4.78 is 5.05. The second-order valence-corrected chi connectivity index (χ2v) is 7.00. The topological polar surface area (TPSA) is 26.3 Å². The van der Waals surface area contributed by atoms with Crippen LogP contribution in [0.4, 0.5) is 0 Å². The summed E-state index contributed by atoms with van der Waals surface area (Å²) in [6.07, 6.45) is 12.8. The highest BCUT2D eigenvalue weighted by atomic mass is 16.5. The van der Waals surface area contributed by atoms with Crippen LogP contribution >= 0.6 is 0 Å². The van der Waals surface area contributed by atoms with E-state index in [2.05, 4.69) is 26.0 Å². The van der Waals surface area contributed by atoms with Gasteiger partial charge in [-0.25, -0.2) is 0 Å². The van der Waals surface area contributed by atoms with Gasteiger partial charge in [0.25, 0.3) is 0 Å². The van der Waals surface area contributed by atoms with Crippen LogP contribution in [0.2, 0.25) is 0 Å². The summed E-state index contributed by atoms with van der Waals surface area (Å²) in [7, 11) is 1.50. The highest BCUT2D eigenvalue weighted by molar-refractivity contribution is 5.76. The zero-order chi connectivity index (χ0) is 15.9. The molecule has 0 radical (unpaired) electrons. The van der Waals surface area contributed by atoms with Crippen molar-refractivity contribution in [2.45, 2.75) is 72.6 Å². The molecule has 0 spiro atoms. The standard InChI is InChI=1S/C19H32O2/c1-15(2)11-9-10-14-17(16-12-7-6-8-13-16)19(3,4)18(20)21-5/h11-12,17H,6-10,13-14H2,1-5H3. The predicted molar refractivity (Wildman–Crippen MR) is 89.1 cm³/mol. The molecule has 1 atom stereocenters. The molecular formula is C19H32O2. The highest BCUT2D eigenvalue weighted by Crippen LogP contribution is 2.41. The van der Waals surface area contributed by atoms with Gasteiger partial charge in [-0.15, -0.1) is 0 Å². The van der Waals surface area contributed by atoms with Crippen LogP contribution in [0.5, 0.6) is 0 Å². The Labute approximate surface area is 130 Å². The van der Waals surface area contributed by atoms with E-state index >= 15 is 0 Å². The normalized spacial score (nSPS) is 16.9. The van der Waals surface area contributed by atoms with E-state index in [1.807, 2.05) is 13.8 Å². The summed E-state index contributed by atoms with van der Waals surface area (Å²) in [6, 6.07) is 0. The second kappa shape index (κ2) is 8.41. The Kier molecular flexibility index (Phi) is 7.21. The molecule has 1 rings (SSSR count). The molecular weight excluding hydrogens is 260 g/mol. The van der Waals surface area contributed by atoms with E-state index in [0.29, 0.717) is 5.92 Å². The quantitative estimate of drug-likeness (QED) is 0.355. The molecule has 0 saturated carbocycles. The van der Waals surface area contributed by atoms with Gasteiger partial charge in [0.2, 0.25) is 0 Å². The molecule has 0 heterocycles. The Morgan fingerprint density at radius 1 is 1.38 bits per heavy atom. The number of hydrogen-bond acceptors (Lipinski definition) is 2. The highest BCUT2D eigenvalue weighted by Gasteiger charge is 2.39. The van der Waals surface area contributed by atoms with Crippen molar-refractivity contribution < 1.29 is 9.53 Å². The molecule has 0 aliphatic heterocycles. The van der Waals surface area contributed by atoms with Gasteiger partial charge in [0.15, 0.2) is 0 Å². The Hall–Kier alpha value is -1.05. The average Bonchev–Trinajstić information content (AvgIpc) is 2.46. The van der Waals surface area contributed by atoms with Crippen LogP contribution in [0.25, 0.3) is 0 Å². The first-order valence-corrected chi connectivity index (χ1v) is 8.30. The van der Waals surface area contributed by atoms with Crippen molar-refractivity contribution in [2.75, 3.05) is 7.11 Å². The first-order valence-electron chi connectivity index (χ1n) is 8.30. The monoisotopic (exact) mass is 292 g/mol. The van der Waals surface area contributed by atoms with E-state index in [4.69, 9.17) is 4.74 Å². The third-order valence-corrected chi connectivity index (χ3v) is 4.61. The summed E-state index contributed by atoms with van der Waals surface area (Å²) in [6.45, 7) is 8.36. The molecule has 0 aromatic carbocycles. The SMILES string of the molecule is COC(=O)C(C)(C)C(CCCC=C(C)C)C1=CCCCC1. The first kappa shape index (κ1) is 18.0. The molecule has 0 aromatic rings. The van der Waals surface area contributed by atoms with Crippen molar-refractivity contribution in [3.63, 3.8) is 0 Å². The van der Waals surface area contributed by atoms with E-state index in [1.54, 1.807) is 0 Å². The van der Waals surface area contributed by atoms with E-state index in [9.17, 15) is 4.79 Å². The lowest BCUT2D eigenvalue weighted by Gasteiger charge is -2.35. The van der Waals surface area contributed by atoms with Crippen molar-refractivity contribution in [3.8, 4) is 0 Å².